The molecule has 5 aromatic carbocycles. The van der Waals surface area contributed by atoms with E-state index in [0.717, 1.165) is 45.0 Å². The highest BCUT2D eigenvalue weighted by atomic mass is 16.3. The van der Waals surface area contributed by atoms with Gasteiger partial charge in [-0.3, -0.25) is 4.98 Å². The van der Waals surface area contributed by atoms with Crippen LogP contribution >= 0.6 is 0 Å². The number of hydrogen-bond donors (Lipinski definition) is 1. The number of hydrogen-bond acceptors (Lipinski definition) is 3. The van der Waals surface area contributed by atoms with Crippen molar-refractivity contribution < 1.29 is 4.42 Å². The van der Waals surface area contributed by atoms with Crippen LogP contribution in [-0.2, 0) is 12.0 Å². The van der Waals surface area contributed by atoms with Gasteiger partial charge in [0, 0.05) is 45.3 Å². The molecule has 0 saturated carbocycles. The van der Waals surface area contributed by atoms with Crippen molar-refractivity contribution in [1.82, 2.24) is 9.55 Å². The Kier molecular flexibility index (Phi) is 5.29. The number of furan rings is 1. The molecule has 4 heterocycles. The first kappa shape index (κ1) is 24.8. The Morgan fingerprint density at radius 2 is 1.36 bits per heavy atom. The highest BCUT2D eigenvalue weighted by Crippen LogP contribution is 2.50. The predicted molar refractivity (Wildman–Crippen MR) is 180 cm³/mol. The minimum Gasteiger partial charge on any atom is -0.456 e. The van der Waals surface area contributed by atoms with Crippen molar-refractivity contribution in [2.45, 2.75) is 12.0 Å². The van der Waals surface area contributed by atoms with Crippen LogP contribution in [0.25, 0.3) is 49.8 Å². The lowest BCUT2D eigenvalue weighted by atomic mass is 9.79. The Hall–Kier alpha value is -5.74. The first-order valence-electron chi connectivity index (χ1n) is 14.9. The number of pyridine rings is 1. The number of benzene rings is 5. The molecular weight excluding hydrogens is 538 g/mol. The van der Waals surface area contributed by atoms with E-state index >= 15 is 0 Å². The summed E-state index contributed by atoms with van der Waals surface area (Å²) in [6, 6.07) is 44.3. The first-order valence-corrected chi connectivity index (χ1v) is 14.9. The summed E-state index contributed by atoms with van der Waals surface area (Å²) in [4.78, 5) is 5.04. The van der Waals surface area contributed by atoms with Gasteiger partial charge in [0.15, 0.2) is 0 Å². The van der Waals surface area contributed by atoms with Gasteiger partial charge in [-0.25, -0.2) is 0 Å². The van der Waals surface area contributed by atoms with E-state index in [4.69, 9.17) is 14.8 Å². The number of fused-ring (bicyclic) bond motifs is 6. The van der Waals surface area contributed by atoms with E-state index in [9.17, 15) is 0 Å². The Bertz CT molecular complexity index is 2390. The van der Waals surface area contributed by atoms with Gasteiger partial charge < -0.3 is 14.4 Å². The second-order valence-corrected chi connectivity index (χ2v) is 11.5. The number of nitrogens with one attached hydrogen (secondary N) is 1. The van der Waals surface area contributed by atoms with E-state index < -0.39 is 5.54 Å². The highest BCUT2D eigenvalue weighted by molar-refractivity contribution is 6.21. The van der Waals surface area contributed by atoms with Crippen LogP contribution in [-0.4, -0.2) is 15.3 Å². The molecule has 0 atom stereocenters. The maximum Gasteiger partial charge on any atom is 0.136 e. The second-order valence-electron chi connectivity index (χ2n) is 11.5. The van der Waals surface area contributed by atoms with Crippen molar-refractivity contribution in [2.75, 3.05) is 0 Å². The monoisotopic (exact) mass is 565 g/mol. The molecule has 9 rings (SSSR count). The lowest BCUT2D eigenvalue weighted by Gasteiger charge is -2.34. The molecule has 208 valence electrons. The van der Waals surface area contributed by atoms with E-state index in [1.165, 1.54) is 33.1 Å². The molecule has 1 N–H and O–H groups in total. The maximum atomic E-state index is 9.15. The van der Waals surface area contributed by atoms with E-state index in [0.29, 0.717) is 5.71 Å². The maximum absolute atomic E-state index is 9.15. The fourth-order valence-electron chi connectivity index (χ4n) is 7.38. The number of rotatable bonds is 5. The Labute approximate surface area is 254 Å². The molecule has 4 heteroatoms. The molecule has 0 fully saturated rings. The van der Waals surface area contributed by atoms with Crippen LogP contribution in [0.2, 0.25) is 0 Å². The standard InChI is InChI=1S/C40H27N3O/c41-33(29-18-11-21-37-38(29)30-17-8-10-20-36(30)44-37)22-23-34-31-24-40(26-12-3-1-4-13-26,27-14-5-2-6-15-27)43-35-19-9-7-16-28(35)32(25-42-34)39(31)43/h1-23,25,41H,24H2/b23-22-,41-33?. The molecule has 1 aliphatic heterocycles. The lowest BCUT2D eigenvalue weighted by Crippen LogP contribution is -2.35. The molecule has 0 radical (unpaired) electrons. The van der Waals surface area contributed by atoms with Crippen molar-refractivity contribution in [2.24, 2.45) is 0 Å². The molecule has 1 aliphatic rings. The van der Waals surface area contributed by atoms with Crippen molar-refractivity contribution in [3.05, 3.63) is 168 Å². The smallest absolute Gasteiger partial charge is 0.136 e. The van der Waals surface area contributed by atoms with Crippen LogP contribution in [0.1, 0.15) is 27.9 Å². The van der Waals surface area contributed by atoms with Crippen molar-refractivity contribution >= 4 is 55.5 Å². The minimum absolute atomic E-state index is 0.423. The van der Waals surface area contributed by atoms with Crippen molar-refractivity contribution in [3.63, 3.8) is 0 Å². The van der Waals surface area contributed by atoms with Gasteiger partial charge in [0.05, 0.1) is 28.0 Å². The zero-order valence-electron chi connectivity index (χ0n) is 23.9. The summed E-state index contributed by atoms with van der Waals surface area (Å²) < 4.78 is 8.64. The summed E-state index contributed by atoms with van der Waals surface area (Å²) in [5.41, 5.74) is 9.44. The first-order chi connectivity index (χ1) is 21.7. The van der Waals surface area contributed by atoms with Gasteiger partial charge in [0.25, 0.3) is 0 Å². The van der Waals surface area contributed by atoms with Crippen LogP contribution in [0.15, 0.2) is 144 Å². The van der Waals surface area contributed by atoms with E-state index in [-0.39, 0.29) is 0 Å². The quantitative estimate of drug-likeness (QED) is 0.211. The zero-order valence-corrected chi connectivity index (χ0v) is 23.9. The molecule has 0 spiro atoms. The number of nitrogens with zero attached hydrogens (tertiary/aromatic N) is 2. The Morgan fingerprint density at radius 3 is 2.14 bits per heavy atom. The molecular formula is C40H27N3O. The molecule has 0 amide bonds. The van der Waals surface area contributed by atoms with Gasteiger partial charge in [-0.05, 0) is 41.5 Å². The Morgan fingerprint density at radius 1 is 0.705 bits per heavy atom. The van der Waals surface area contributed by atoms with Crippen molar-refractivity contribution in [1.29, 1.82) is 5.41 Å². The van der Waals surface area contributed by atoms with Crippen molar-refractivity contribution in [3.8, 4) is 0 Å². The summed E-state index contributed by atoms with van der Waals surface area (Å²) in [5.74, 6) is 0. The molecule has 4 nitrogen and oxygen atoms in total. The molecule has 3 aromatic heterocycles. The average molecular weight is 566 g/mol. The minimum atomic E-state index is -0.438. The average Bonchev–Trinajstić information content (AvgIpc) is 3.76. The van der Waals surface area contributed by atoms with Crippen LogP contribution in [0, 0.1) is 5.41 Å². The van der Waals surface area contributed by atoms with Crippen LogP contribution in [0.5, 0.6) is 0 Å². The molecule has 8 aromatic rings. The predicted octanol–water partition coefficient (Wildman–Crippen LogP) is 9.52. The molecule has 0 aliphatic carbocycles. The zero-order chi connectivity index (χ0) is 29.3. The number of para-hydroxylation sites is 2. The third kappa shape index (κ3) is 3.39. The highest BCUT2D eigenvalue weighted by Gasteiger charge is 2.44. The van der Waals surface area contributed by atoms with E-state index in [1.54, 1.807) is 0 Å². The van der Waals surface area contributed by atoms with E-state index in [2.05, 4.69) is 95.6 Å². The summed E-state index contributed by atoms with van der Waals surface area (Å²) in [5, 5.41) is 13.5. The third-order valence-electron chi connectivity index (χ3n) is 9.26. The van der Waals surface area contributed by atoms with Gasteiger partial charge in [0.1, 0.15) is 11.2 Å². The fourth-order valence-corrected chi connectivity index (χ4v) is 7.38. The van der Waals surface area contributed by atoms with Gasteiger partial charge in [-0.2, -0.15) is 0 Å². The normalized spacial score (nSPS) is 14.0. The lowest BCUT2D eigenvalue weighted by molar-refractivity contribution is 0.480. The van der Waals surface area contributed by atoms with Crippen LogP contribution < -0.4 is 0 Å². The number of allylic oxidation sites excluding steroid dienone is 1. The largest absolute Gasteiger partial charge is 0.456 e. The summed E-state index contributed by atoms with van der Waals surface area (Å²) in [7, 11) is 0. The van der Waals surface area contributed by atoms with Crippen LogP contribution in [0.4, 0.5) is 0 Å². The summed E-state index contributed by atoms with van der Waals surface area (Å²) in [6.07, 6.45) is 6.68. The SMILES string of the molecule is N=C(/C=C\c1ncc2c3ccccc3n3c2c1CC3(c1ccccc1)c1ccccc1)c1cccc2oc3ccccc3c12. The molecule has 0 unspecified atom stereocenters. The summed E-state index contributed by atoms with van der Waals surface area (Å²) in [6.45, 7) is 0. The molecule has 44 heavy (non-hydrogen) atoms. The van der Waals surface area contributed by atoms with E-state index in [1.807, 2.05) is 54.7 Å². The van der Waals surface area contributed by atoms with Gasteiger partial charge in [-0.1, -0.05) is 109 Å². The van der Waals surface area contributed by atoms with Gasteiger partial charge in [-0.15, -0.1) is 0 Å². The van der Waals surface area contributed by atoms with Gasteiger partial charge in [0.2, 0.25) is 0 Å². The fraction of sp³-hybridized carbons (Fsp3) is 0.0500. The Balaban J connectivity index is 1.25. The number of aromatic nitrogens is 2. The third-order valence-corrected chi connectivity index (χ3v) is 9.26. The summed E-state index contributed by atoms with van der Waals surface area (Å²) >= 11 is 0. The molecule has 0 bridgehead atoms. The molecule has 0 saturated heterocycles. The topological polar surface area (TPSA) is 54.8 Å². The van der Waals surface area contributed by atoms with Crippen LogP contribution in [0.3, 0.4) is 0 Å². The second kappa shape index (κ2) is 9.38. The van der Waals surface area contributed by atoms with Gasteiger partial charge >= 0.3 is 0 Å².